The Balaban J connectivity index is 3.08. The van der Waals surface area contributed by atoms with Crippen LogP contribution in [0.5, 0.6) is 0 Å². The van der Waals surface area contributed by atoms with Crippen molar-refractivity contribution in [2.45, 2.75) is 56.3 Å². The topological polar surface area (TPSA) is 251 Å². The molecule has 0 aliphatic rings. The predicted octanol–water partition coefficient (Wildman–Crippen LogP) is -2.78. The molecule has 4 atom stereocenters. The monoisotopic (exact) mass is 509 g/mol. The van der Waals surface area contributed by atoms with Gasteiger partial charge in [-0.15, -0.1) is 0 Å². The quantitative estimate of drug-likeness (QED) is 0.114. The zero-order chi connectivity index (χ0) is 27.3. The molecule has 0 bridgehead atoms. The number of nitrogens with two attached hydrogens (primary N) is 2. The molecule has 14 nitrogen and oxygen atoms in total. The number of primary amides is 1. The summed E-state index contributed by atoms with van der Waals surface area (Å²) < 4.78 is 0. The Labute approximate surface area is 206 Å². The predicted molar refractivity (Wildman–Crippen MR) is 124 cm³/mol. The number of carboxylic acids is 2. The maximum atomic E-state index is 13.0. The fraction of sp³-hybridized carbons (Fsp3) is 0.455. The summed E-state index contributed by atoms with van der Waals surface area (Å²) >= 11 is 0. The number of carbonyl (C=O) groups is 6. The fourth-order valence-electron chi connectivity index (χ4n) is 3.03. The average molecular weight is 510 g/mol. The van der Waals surface area contributed by atoms with Crippen molar-refractivity contribution in [3.8, 4) is 0 Å². The zero-order valence-corrected chi connectivity index (χ0v) is 19.4. The van der Waals surface area contributed by atoms with E-state index in [2.05, 4.69) is 16.0 Å². The number of rotatable bonds is 16. The molecule has 0 saturated carbocycles. The highest BCUT2D eigenvalue weighted by Crippen LogP contribution is 2.07. The molecule has 10 N–H and O–H groups in total. The van der Waals surface area contributed by atoms with Crippen LogP contribution in [0.1, 0.15) is 31.2 Å². The molecule has 0 saturated heterocycles. The van der Waals surface area contributed by atoms with Crippen molar-refractivity contribution in [1.29, 1.82) is 0 Å². The molecule has 1 aromatic carbocycles. The molecule has 0 radical (unpaired) electrons. The number of carbonyl (C=O) groups excluding carboxylic acids is 4. The molecule has 0 aliphatic heterocycles. The summed E-state index contributed by atoms with van der Waals surface area (Å²) in [5.41, 5.74) is 11.4. The van der Waals surface area contributed by atoms with Crippen LogP contribution in [0.2, 0.25) is 0 Å². The summed E-state index contributed by atoms with van der Waals surface area (Å²) in [5.74, 6) is -6.07. The van der Waals surface area contributed by atoms with Crippen LogP contribution in [-0.4, -0.2) is 81.7 Å². The van der Waals surface area contributed by atoms with Gasteiger partial charge < -0.3 is 42.7 Å². The van der Waals surface area contributed by atoms with Crippen LogP contribution in [-0.2, 0) is 35.2 Å². The van der Waals surface area contributed by atoms with Crippen molar-refractivity contribution in [1.82, 2.24) is 16.0 Å². The summed E-state index contributed by atoms with van der Waals surface area (Å²) in [6.45, 7) is -0.890. The molecule has 0 fully saturated rings. The summed E-state index contributed by atoms with van der Waals surface area (Å²) in [4.78, 5) is 71.4. The molecule has 1 aromatic rings. The molecule has 198 valence electrons. The van der Waals surface area contributed by atoms with Gasteiger partial charge in [-0.25, -0.2) is 4.79 Å². The minimum Gasteiger partial charge on any atom is -0.481 e. The third-order valence-corrected chi connectivity index (χ3v) is 5.03. The van der Waals surface area contributed by atoms with Crippen molar-refractivity contribution in [3.63, 3.8) is 0 Å². The maximum absolute atomic E-state index is 13.0. The Bertz CT molecular complexity index is 941. The van der Waals surface area contributed by atoms with E-state index < -0.39 is 66.3 Å². The van der Waals surface area contributed by atoms with Crippen LogP contribution in [0.4, 0.5) is 0 Å². The van der Waals surface area contributed by atoms with E-state index >= 15 is 0 Å². The van der Waals surface area contributed by atoms with Gasteiger partial charge in [0.25, 0.3) is 0 Å². The summed E-state index contributed by atoms with van der Waals surface area (Å²) in [6.07, 6.45) is -1.20. The highest BCUT2D eigenvalue weighted by Gasteiger charge is 2.30. The molecule has 14 heteroatoms. The first-order chi connectivity index (χ1) is 16.9. The van der Waals surface area contributed by atoms with Crippen molar-refractivity contribution >= 4 is 35.6 Å². The first kappa shape index (κ1) is 30.0. The molecule has 0 spiro atoms. The van der Waals surface area contributed by atoms with E-state index in [9.17, 15) is 33.9 Å². The molecule has 0 heterocycles. The Hall–Kier alpha value is -4.04. The van der Waals surface area contributed by atoms with Crippen LogP contribution in [0, 0.1) is 0 Å². The zero-order valence-electron chi connectivity index (χ0n) is 19.4. The maximum Gasteiger partial charge on any atom is 0.328 e. The standard InChI is InChI=1S/C22H31N5O9/c23-13(6-9-18(30)31)19(32)25-14(7-8-17(24)29)20(33)26-15(10-12-4-2-1-3-5-12)21(34)27-16(11-28)22(35)36/h1-5,13-16,28H,6-11,23H2,(H2,24,29)(H,25,32)(H,26,33)(H,27,34)(H,30,31)(H,35,36). The number of aliphatic hydroxyl groups excluding tert-OH is 1. The van der Waals surface area contributed by atoms with Gasteiger partial charge in [0, 0.05) is 19.3 Å². The van der Waals surface area contributed by atoms with E-state index in [1.54, 1.807) is 30.3 Å². The Morgan fingerprint density at radius 1 is 0.778 bits per heavy atom. The van der Waals surface area contributed by atoms with Gasteiger partial charge in [-0.3, -0.25) is 24.0 Å². The minimum absolute atomic E-state index is 0.0647. The van der Waals surface area contributed by atoms with E-state index in [0.717, 1.165) is 0 Å². The fourth-order valence-corrected chi connectivity index (χ4v) is 3.03. The third kappa shape index (κ3) is 10.9. The number of amides is 4. The van der Waals surface area contributed by atoms with E-state index in [-0.39, 0.29) is 32.1 Å². The largest absolute Gasteiger partial charge is 0.481 e. The number of hydrogen-bond acceptors (Lipinski definition) is 8. The smallest absolute Gasteiger partial charge is 0.328 e. The van der Waals surface area contributed by atoms with Crippen molar-refractivity contribution < 1.29 is 44.1 Å². The SMILES string of the molecule is NC(=O)CCC(NC(=O)C(N)CCC(=O)O)C(=O)NC(Cc1ccccc1)C(=O)NC(CO)C(=O)O. The molecule has 4 amide bonds. The normalized spacial score (nSPS) is 13.9. The lowest BCUT2D eigenvalue weighted by molar-refractivity contribution is -0.143. The summed E-state index contributed by atoms with van der Waals surface area (Å²) in [5, 5.41) is 34.0. The molecular formula is C22H31N5O9. The van der Waals surface area contributed by atoms with Gasteiger partial charge in [0.15, 0.2) is 0 Å². The Morgan fingerprint density at radius 3 is 1.86 bits per heavy atom. The lowest BCUT2D eigenvalue weighted by Crippen LogP contribution is -2.58. The second-order valence-corrected chi connectivity index (χ2v) is 7.94. The van der Waals surface area contributed by atoms with Crippen molar-refractivity contribution in [2.24, 2.45) is 11.5 Å². The van der Waals surface area contributed by atoms with Gasteiger partial charge in [-0.1, -0.05) is 30.3 Å². The number of benzene rings is 1. The number of hydrogen-bond donors (Lipinski definition) is 8. The van der Waals surface area contributed by atoms with Crippen molar-refractivity contribution in [2.75, 3.05) is 6.61 Å². The van der Waals surface area contributed by atoms with E-state index in [0.29, 0.717) is 5.56 Å². The van der Waals surface area contributed by atoms with Crippen LogP contribution in [0.3, 0.4) is 0 Å². The highest BCUT2D eigenvalue weighted by atomic mass is 16.4. The summed E-state index contributed by atoms with van der Waals surface area (Å²) in [6, 6.07) is 2.89. The van der Waals surface area contributed by atoms with Gasteiger partial charge in [-0.2, -0.15) is 0 Å². The molecule has 1 rings (SSSR count). The van der Waals surface area contributed by atoms with Gasteiger partial charge in [0.1, 0.15) is 18.1 Å². The highest BCUT2D eigenvalue weighted by molar-refractivity contribution is 5.94. The van der Waals surface area contributed by atoms with Crippen molar-refractivity contribution in [3.05, 3.63) is 35.9 Å². The molecule has 0 aromatic heterocycles. The van der Waals surface area contributed by atoms with Gasteiger partial charge in [0.05, 0.1) is 12.6 Å². The van der Waals surface area contributed by atoms with Crippen LogP contribution < -0.4 is 27.4 Å². The third-order valence-electron chi connectivity index (χ3n) is 5.03. The lowest BCUT2D eigenvalue weighted by Gasteiger charge is -2.25. The average Bonchev–Trinajstić information content (AvgIpc) is 2.82. The lowest BCUT2D eigenvalue weighted by atomic mass is 10.0. The second kappa shape index (κ2) is 15.1. The second-order valence-electron chi connectivity index (χ2n) is 7.94. The number of nitrogens with one attached hydrogen (secondary N) is 3. The van der Waals surface area contributed by atoms with Gasteiger partial charge in [0.2, 0.25) is 23.6 Å². The van der Waals surface area contributed by atoms with E-state index in [1.165, 1.54) is 0 Å². The van der Waals surface area contributed by atoms with Gasteiger partial charge >= 0.3 is 11.9 Å². The number of aliphatic hydroxyl groups is 1. The molecule has 4 unspecified atom stereocenters. The summed E-state index contributed by atoms with van der Waals surface area (Å²) in [7, 11) is 0. The number of aliphatic carboxylic acids is 2. The minimum atomic E-state index is -1.62. The molecule has 36 heavy (non-hydrogen) atoms. The first-order valence-electron chi connectivity index (χ1n) is 11.0. The molecule has 0 aliphatic carbocycles. The van der Waals surface area contributed by atoms with Crippen LogP contribution >= 0.6 is 0 Å². The van der Waals surface area contributed by atoms with E-state index in [1.807, 2.05) is 0 Å². The Morgan fingerprint density at radius 2 is 1.33 bits per heavy atom. The molecular weight excluding hydrogens is 478 g/mol. The van der Waals surface area contributed by atoms with Crippen LogP contribution in [0.15, 0.2) is 30.3 Å². The van der Waals surface area contributed by atoms with Gasteiger partial charge in [-0.05, 0) is 18.4 Å². The van der Waals surface area contributed by atoms with E-state index in [4.69, 9.17) is 21.7 Å². The number of carboxylic acid groups (broad SMARTS) is 2. The van der Waals surface area contributed by atoms with Crippen LogP contribution in [0.25, 0.3) is 0 Å². The Kier molecular flexibility index (Phi) is 12.5. The first-order valence-corrected chi connectivity index (χ1v) is 11.0.